The summed E-state index contributed by atoms with van der Waals surface area (Å²) in [6.45, 7) is 5.51. The molecule has 3 aliphatic heterocycles. The van der Waals surface area contributed by atoms with Crippen LogP contribution < -0.4 is 21.9 Å². The van der Waals surface area contributed by atoms with Gasteiger partial charge in [0.05, 0.1) is 26.2 Å². The quantitative estimate of drug-likeness (QED) is 0.396. The molecule has 0 radical (unpaired) electrons. The van der Waals surface area contributed by atoms with Crippen LogP contribution in [0.4, 0.5) is 23.7 Å². The third-order valence-corrected chi connectivity index (χ3v) is 7.97. The standard InChI is InChI=1S/C30H32F3N2O2.BrH/c1-21-5-4-7-25(17-21)34(19-22-9-10-27(32)28(33)18-22)30(36)37-29-20-35(15-12-24(29)13-16-35)14-11-23-6-2-3-8-26(23)31;/h2-10,17-18,24,29H,11-16,19-20H2,1H3;1H/q+1;/p-1/t24?,29-,35?;/m0./s1. The molecular formula is C30H32BrF3N2O2. The fraction of sp³-hybridized carbons (Fsp3) is 0.367. The van der Waals surface area contributed by atoms with Crippen molar-refractivity contribution >= 4 is 11.8 Å². The van der Waals surface area contributed by atoms with E-state index >= 15 is 0 Å². The number of nitrogens with zero attached hydrogens (tertiary/aromatic N) is 2. The minimum Gasteiger partial charge on any atom is -1.00 e. The average Bonchev–Trinajstić information content (AvgIpc) is 2.89. The fourth-order valence-electron chi connectivity index (χ4n) is 5.80. The van der Waals surface area contributed by atoms with Gasteiger partial charge in [-0.1, -0.05) is 36.4 Å². The Morgan fingerprint density at radius 2 is 1.71 bits per heavy atom. The summed E-state index contributed by atoms with van der Waals surface area (Å²) in [6, 6.07) is 18.0. The number of piperidine rings is 3. The zero-order valence-electron chi connectivity index (χ0n) is 21.4. The molecule has 38 heavy (non-hydrogen) atoms. The first-order chi connectivity index (χ1) is 17.8. The summed E-state index contributed by atoms with van der Waals surface area (Å²) in [5.41, 5.74) is 2.80. The lowest BCUT2D eigenvalue weighted by Gasteiger charge is -2.52. The van der Waals surface area contributed by atoms with Gasteiger partial charge in [0, 0.05) is 30.9 Å². The van der Waals surface area contributed by atoms with Crippen molar-refractivity contribution in [2.45, 2.75) is 38.8 Å². The number of benzene rings is 3. The predicted molar refractivity (Wildman–Crippen MR) is 137 cm³/mol. The molecule has 1 amide bonds. The third-order valence-electron chi connectivity index (χ3n) is 7.97. The molecule has 1 atom stereocenters. The van der Waals surface area contributed by atoms with Crippen LogP contribution in [0.25, 0.3) is 0 Å². The van der Waals surface area contributed by atoms with E-state index in [0.29, 0.717) is 35.7 Å². The molecule has 0 aromatic heterocycles. The molecule has 0 N–H and O–H groups in total. The molecule has 202 valence electrons. The van der Waals surface area contributed by atoms with E-state index in [0.717, 1.165) is 54.7 Å². The summed E-state index contributed by atoms with van der Waals surface area (Å²) in [6.07, 6.45) is 1.82. The number of aryl methyl sites for hydroxylation is 1. The topological polar surface area (TPSA) is 29.5 Å². The highest BCUT2D eigenvalue weighted by molar-refractivity contribution is 5.87. The molecule has 3 aromatic rings. The molecule has 3 saturated heterocycles. The molecule has 3 aromatic carbocycles. The number of carbonyl (C=O) groups is 1. The van der Waals surface area contributed by atoms with Crippen LogP contribution in [0.15, 0.2) is 66.7 Å². The van der Waals surface area contributed by atoms with E-state index in [1.165, 1.54) is 17.0 Å². The van der Waals surface area contributed by atoms with Crippen LogP contribution >= 0.6 is 0 Å². The lowest BCUT2D eigenvalue weighted by Crippen LogP contribution is -3.00. The van der Waals surface area contributed by atoms with Crippen molar-refractivity contribution in [2.75, 3.05) is 31.1 Å². The van der Waals surface area contributed by atoms with Crippen molar-refractivity contribution in [3.63, 3.8) is 0 Å². The fourth-order valence-corrected chi connectivity index (χ4v) is 5.80. The van der Waals surface area contributed by atoms with Crippen LogP contribution in [-0.2, 0) is 17.7 Å². The van der Waals surface area contributed by atoms with Gasteiger partial charge < -0.3 is 26.2 Å². The highest BCUT2D eigenvalue weighted by Crippen LogP contribution is 2.36. The van der Waals surface area contributed by atoms with Gasteiger partial charge in [-0.2, -0.15) is 0 Å². The number of halogens is 4. The van der Waals surface area contributed by atoms with E-state index in [1.807, 2.05) is 43.3 Å². The van der Waals surface area contributed by atoms with Gasteiger partial charge in [0.15, 0.2) is 17.7 Å². The van der Waals surface area contributed by atoms with Crippen LogP contribution in [0.5, 0.6) is 0 Å². The van der Waals surface area contributed by atoms with Gasteiger partial charge in [0.1, 0.15) is 12.4 Å². The number of hydrogen-bond acceptors (Lipinski definition) is 2. The largest absolute Gasteiger partial charge is 1.00 e. The molecule has 8 heteroatoms. The zero-order valence-corrected chi connectivity index (χ0v) is 23.0. The molecule has 3 aliphatic rings. The van der Waals surface area contributed by atoms with Gasteiger partial charge in [-0.25, -0.2) is 18.0 Å². The van der Waals surface area contributed by atoms with E-state index in [-0.39, 0.29) is 35.4 Å². The number of hydrogen-bond donors (Lipinski definition) is 0. The third kappa shape index (κ3) is 6.24. The molecule has 3 fully saturated rings. The van der Waals surface area contributed by atoms with Gasteiger partial charge in [-0.05, 0) is 53.9 Å². The second-order valence-corrected chi connectivity index (χ2v) is 10.5. The normalized spacial score (nSPS) is 22.0. The molecule has 0 spiro atoms. The van der Waals surface area contributed by atoms with Crippen LogP contribution in [0.3, 0.4) is 0 Å². The highest BCUT2D eigenvalue weighted by Gasteiger charge is 2.47. The Morgan fingerprint density at radius 3 is 2.42 bits per heavy atom. The first-order valence-electron chi connectivity index (χ1n) is 12.9. The SMILES string of the molecule is Cc1cccc(N(Cc2ccc(F)c(F)c2)C(=O)O[C@H]2C[N+]3(CCc4ccccc4F)CCC2CC3)c1.[Br-]. The van der Waals surface area contributed by atoms with E-state index in [4.69, 9.17) is 4.74 Å². The van der Waals surface area contributed by atoms with Crippen LogP contribution in [0, 0.1) is 30.3 Å². The summed E-state index contributed by atoms with van der Waals surface area (Å²) in [5, 5.41) is 0. The van der Waals surface area contributed by atoms with Crippen molar-refractivity contribution in [2.24, 2.45) is 5.92 Å². The molecule has 0 aliphatic carbocycles. The Kier molecular flexibility index (Phi) is 8.83. The second kappa shape index (κ2) is 11.9. The first-order valence-corrected chi connectivity index (χ1v) is 12.9. The monoisotopic (exact) mass is 588 g/mol. The molecule has 4 nitrogen and oxygen atoms in total. The smallest absolute Gasteiger partial charge is 0.415 e. The molecule has 0 saturated carbocycles. The Labute approximate surface area is 232 Å². The van der Waals surface area contributed by atoms with Gasteiger partial charge >= 0.3 is 6.09 Å². The molecule has 0 unspecified atom stereocenters. The number of fused-ring (bicyclic) bond motifs is 3. The Hall–Kier alpha value is -2.84. The first kappa shape index (κ1) is 28.2. The zero-order chi connectivity index (χ0) is 26.0. The molecule has 3 heterocycles. The maximum atomic E-state index is 14.2. The van der Waals surface area contributed by atoms with Crippen molar-refractivity contribution in [3.05, 3.63) is 101 Å². The Bertz CT molecular complexity index is 1280. The lowest BCUT2D eigenvalue weighted by molar-refractivity contribution is -0.946. The molecule has 2 bridgehead atoms. The number of anilines is 1. The van der Waals surface area contributed by atoms with Crippen molar-refractivity contribution in [1.82, 2.24) is 0 Å². The molecular weight excluding hydrogens is 557 g/mol. The number of amides is 1. The number of carbonyl (C=O) groups excluding carboxylic acids is 1. The van der Waals surface area contributed by atoms with Crippen LogP contribution in [0.2, 0.25) is 0 Å². The van der Waals surface area contributed by atoms with Crippen LogP contribution in [-0.4, -0.2) is 42.9 Å². The number of rotatable bonds is 7. The number of quaternary nitrogens is 1. The van der Waals surface area contributed by atoms with E-state index in [1.54, 1.807) is 6.07 Å². The summed E-state index contributed by atoms with van der Waals surface area (Å²) in [4.78, 5) is 15.1. The van der Waals surface area contributed by atoms with Crippen LogP contribution in [0.1, 0.15) is 29.5 Å². The maximum absolute atomic E-state index is 14.2. The minimum absolute atomic E-state index is 0. The van der Waals surface area contributed by atoms with E-state index in [9.17, 15) is 18.0 Å². The predicted octanol–water partition coefficient (Wildman–Crippen LogP) is 3.41. The van der Waals surface area contributed by atoms with Crippen molar-refractivity contribution in [1.29, 1.82) is 0 Å². The average molecular weight is 589 g/mol. The summed E-state index contributed by atoms with van der Waals surface area (Å²) in [5.74, 6) is -1.76. The van der Waals surface area contributed by atoms with Gasteiger partial charge in [-0.3, -0.25) is 4.90 Å². The maximum Gasteiger partial charge on any atom is 0.415 e. The van der Waals surface area contributed by atoms with Gasteiger partial charge in [0.25, 0.3) is 0 Å². The molecule has 6 rings (SSSR count). The second-order valence-electron chi connectivity index (χ2n) is 10.5. The minimum atomic E-state index is -0.950. The number of ether oxygens (including phenoxy) is 1. The Morgan fingerprint density at radius 1 is 0.947 bits per heavy atom. The van der Waals surface area contributed by atoms with E-state index in [2.05, 4.69) is 0 Å². The van der Waals surface area contributed by atoms with E-state index < -0.39 is 17.7 Å². The highest BCUT2D eigenvalue weighted by atomic mass is 79.9. The summed E-state index contributed by atoms with van der Waals surface area (Å²) in [7, 11) is 0. The van der Waals surface area contributed by atoms with Crippen molar-refractivity contribution < 1.29 is 44.2 Å². The van der Waals surface area contributed by atoms with Gasteiger partial charge in [0.2, 0.25) is 0 Å². The summed E-state index contributed by atoms with van der Waals surface area (Å²) >= 11 is 0. The summed E-state index contributed by atoms with van der Waals surface area (Å²) < 4.78 is 48.6. The lowest BCUT2D eigenvalue weighted by atomic mass is 9.83. The van der Waals surface area contributed by atoms with Crippen molar-refractivity contribution in [3.8, 4) is 0 Å². The Balaban J connectivity index is 0.00000336. The van der Waals surface area contributed by atoms with Gasteiger partial charge in [-0.15, -0.1) is 0 Å².